The summed E-state index contributed by atoms with van der Waals surface area (Å²) in [6, 6.07) is 15.4. The Morgan fingerprint density at radius 1 is 1.04 bits per heavy atom. The molecule has 5 heteroatoms. The molecule has 120 valence electrons. The van der Waals surface area contributed by atoms with E-state index in [0.717, 1.165) is 18.4 Å². The van der Waals surface area contributed by atoms with E-state index in [-0.39, 0.29) is 11.9 Å². The van der Waals surface area contributed by atoms with Crippen LogP contribution in [0.2, 0.25) is 10.0 Å². The number of benzene rings is 2. The second kappa shape index (κ2) is 6.08. The minimum atomic E-state index is -0.0765. The molecule has 2 aromatic rings. The number of carbonyl (C=O) groups is 1. The van der Waals surface area contributed by atoms with Gasteiger partial charge in [0.1, 0.15) is 11.5 Å². The van der Waals surface area contributed by atoms with E-state index < -0.39 is 0 Å². The maximum atomic E-state index is 12.8. The second-order valence-corrected chi connectivity index (χ2v) is 6.67. The van der Waals surface area contributed by atoms with Crippen molar-refractivity contribution in [3.8, 4) is 0 Å². The van der Waals surface area contributed by atoms with Crippen LogP contribution in [0, 0.1) is 0 Å². The van der Waals surface area contributed by atoms with Crippen molar-refractivity contribution in [1.82, 2.24) is 4.90 Å². The van der Waals surface area contributed by atoms with Crippen LogP contribution in [0.5, 0.6) is 0 Å². The lowest BCUT2D eigenvalue weighted by molar-refractivity contribution is -0.122. The first-order valence-electron chi connectivity index (χ1n) is 7.78. The highest BCUT2D eigenvalue weighted by molar-refractivity contribution is 6.43. The summed E-state index contributed by atoms with van der Waals surface area (Å²) in [5, 5.41) is 0.892. The fourth-order valence-corrected chi connectivity index (χ4v) is 3.13. The van der Waals surface area contributed by atoms with Crippen LogP contribution in [0.15, 0.2) is 59.2 Å². The minimum absolute atomic E-state index is 0.0765. The van der Waals surface area contributed by atoms with Gasteiger partial charge in [-0.15, -0.1) is 0 Å². The number of aliphatic imine (C=N–C) groups is 1. The van der Waals surface area contributed by atoms with Crippen molar-refractivity contribution in [2.75, 3.05) is 0 Å². The average Bonchev–Trinajstić information content (AvgIpc) is 3.38. The molecule has 0 saturated heterocycles. The molecule has 0 N–H and O–H groups in total. The molecule has 0 spiro atoms. The first-order valence-corrected chi connectivity index (χ1v) is 8.54. The molecule has 4 rings (SSSR count). The zero-order chi connectivity index (χ0) is 16.7. The van der Waals surface area contributed by atoms with Gasteiger partial charge >= 0.3 is 0 Å². The quantitative estimate of drug-likeness (QED) is 0.728. The largest absolute Gasteiger partial charge is 0.288 e. The molecule has 1 amide bonds. The Bertz CT molecular complexity index is 870. The van der Waals surface area contributed by atoms with E-state index in [1.807, 2.05) is 36.4 Å². The molecule has 0 bridgehead atoms. The van der Waals surface area contributed by atoms with Crippen LogP contribution in [0.3, 0.4) is 0 Å². The van der Waals surface area contributed by atoms with Crippen molar-refractivity contribution in [2.45, 2.75) is 18.9 Å². The summed E-state index contributed by atoms with van der Waals surface area (Å²) in [7, 11) is 0. The van der Waals surface area contributed by atoms with Gasteiger partial charge in [-0.1, -0.05) is 65.7 Å². The molecule has 24 heavy (non-hydrogen) atoms. The normalized spacial score (nSPS) is 19.1. The first kappa shape index (κ1) is 15.4. The summed E-state index contributed by atoms with van der Waals surface area (Å²) in [4.78, 5) is 19.2. The molecular formula is C19H14Cl2N2O. The summed E-state index contributed by atoms with van der Waals surface area (Å²) in [5.74, 6) is 0.639. The molecule has 1 saturated carbocycles. The van der Waals surface area contributed by atoms with Crippen LogP contribution < -0.4 is 0 Å². The highest BCUT2D eigenvalue weighted by atomic mass is 35.5. The lowest BCUT2D eigenvalue weighted by Crippen LogP contribution is -2.34. The fourth-order valence-electron chi connectivity index (χ4n) is 2.77. The third kappa shape index (κ3) is 2.74. The molecule has 1 aliphatic heterocycles. The smallest absolute Gasteiger partial charge is 0.278 e. The Morgan fingerprint density at radius 2 is 1.79 bits per heavy atom. The Labute approximate surface area is 150 Å². The van der Waals surface area contributed by atoms with Gasteiger partial charge in [-0.05, 0) is 30.5 Å². The maximum absolute atomic E-state index is 12.8. The topological polar surface area (TPSA) is 32.7 Å². The SMILES string of the molecule is O=C1/C(=C/c2cccc(Cl)c2Cl)N=C(c2ccccc2)N1C1CC1. The molecule has 0 unspecified atom stereocenters. The van der Waals surface area contributed by atoms with E-state index in [1.165, 1.54) is 0 Å². The third-order valence-corrected chi connectivity index (χ3v) is 4.94. The number of amides is 1. The minimum Gasteiger partial charge on any atom is -0.288 e. The highest BCUT2D eigenvalue weighted by Gasteiger charge is 2.41. The summed E-state index contributed by atoms with van der Waals surface area (Å²) >= 11 is 12.3. The van der Waals surface area contributed by atoms with Crippen molar-refractivity contribution < 1.29 is 4.79 Å². The monoisotopic (exact) mass is 356 g/mol. The molecule has 1 aliphatic carbocycles. The lowest BCUT2D eigenvalue weighted by Gasteiger charge is -2.17. The number of halogens is 2. The van der Waals surface area contributed by atoms with Gasteiger partial charge in [0.15, 0.2) is 0 Å². The Balaban J connectivity index is 1.79. The van der Waals surface area contributed by atoms with Crippen LogP contribution in [0.4, 0.5) is 0 Å². The molecule has 0 atom stereocenters. The molecular weight excluding hydrogens is 343 g/mol. The van der Waals surface area contributed by atoms with Gasteiger partial charge in [0.05, 0.1) is 10.0 Å². The molecule has 0 aromatic heterocycles. The predicted molar refractivity (Wildman–Crippen MR) is 97.3 cm³/mol. The van der Waals surface area contributed by atoms with Crippen LogP contribution in [-0.2, 0) is 4.79 Å². The van der Waals surface area contributed by atoms with E-state index in [1.54, 1.807) is 23.1 Å². The molecule has 0 radical (unpaired) electrons. The van der Waals surface area contributed by atoms with Crippen LogP contribution >= 0.6 is 23.2 Å². The van der Waals surface area contributed by atoms with Gasteiger partial charge in [0.25, 0.3) is 5.91 Å². The van der Waals surface area contributed by atoms with E-state index >= 15 is 0 Å². The average molecular weight is 357 g/mol. The van der Waals surface area contributed by atoms with Gasteiger partial charge in [0.2, 0.25) is 0 Å². The summed E-state index contributed by atoms with van der Waals surface area (Å²) in [5.41, 5.74) is 2.03. The maximum Gasteiger partial charge on any atom is 0.278 e. The van der Waals surface area contributed by atoms with Gasteiger partial charge < -0.3 is 0 Å². The molecule has 2 aromatic carbocycles. The van der Waals surface area contributed by atoms with E-state index in [2.05, 4.69) is 4.99 Å². The lowest BCUT2D eigenvalue weighted by atomic mass is 10.2. The summed E-state index contributed by atoms with van der Waals surface area (Å²) in [6.07, 6.45) is 3.74. The molecule has 1 heterocycles. The Hall–Kier alpha value is -2.10. The molecule has 2 aliphatic rings. The van der Waals surface area contributed by atoms with Crippen molar-refractivity contribution in [3.63, 3.8) is 0 Å². The Kier molecular flexibility index (Phi) is 3.91. The third-order valence-electron chi connectivity index (χ3n) is 4.11. The molecule has 1 fully saturated rings. The number of carbonyl (C=O) groups excluding carboxylic acids is 1. The van der Waals surface area contributed by atoms with E-state index in [4.69, 9.17) is 23.2 Å². The van der Waals surface area contributed by atoms with Crippen molar-refractivity contribution in [3.05, 3.63) is 75.4 Å². The first-order chi connectivity index (χ1) is 11.6. The van der Waals surface area contributed by atoms with Gasteiger partial charge in [-0.25, -0.2) is 4.99 Å². The molecule has 3 nitrogen and oxygen atoms in total. The van der Waals surface area contributed by atoms with Crippen LogP contribution in [-0.4, -0.2) is 22.7 Å². The van der Waals surface area contributed by atoms with Crippen molar-refractivity contribution in [1.29, 1.82) is 0 Å². The zero-order valence-electron chi connectivity index (χ0n) is 12.7. The van der Waals surface area contributed by atoms with Gasteiger partial charge in [-0.3, -0.25) is 9.69 Å². The van der Waals surface area contributed by atoms with Gasteiger partial charge in [-0.2, -0.15) is 0 Å². The highest BCUT2D eigenvalue weighted by Crippen LogP contribution is 2.35. The van der Waals surface area contributed by atoms with Gasteiger partial charge in [0, 0.05) is 11.6 Å². The summed E-state index contributed by atoms with van der Waals surface area (Å²) < 4.78 is 0. The van der Waals surface area contributed by atoms with Crippen LogP contribution in [0.1, 0.15) is 24.0 Å². The van der Waals surface area contributed by atoms with Crippen molar-refractivity contribution >= 4 is 41.0 Å². The second-order valence-electron chi connectivity index (χ2n) is 5.88. The van der Waals surface area contributed by atoms with E-state index in [0.29, 0.717) is 27.1 Å². The Morgan fingerprint density at radius 3 is 2.50 bits per heavy atom. The number of hydrogen-bond acceptors (Lipinski definition) is 2. The standard InChI is InChI=1S/C19H14Cl2N2O/c20-15-8-4-7-13(17(15)21)11-16-19(24)23(14-9-10-14)18(22-16)12-5-2-1-3-6-12/h1-8,11,14H,9-10H2/b16-11-. The van der Waals surface area contributed by atoms with E-state index in [9.17, 15) is 4.79 Å². The van der Waals surface area contributed by atoms with Crippen LogP contribution in [0.25, 0.3) is 6.08 Å². The fraction of sp³-hybridized carbons (Fsp3) is 0.158. The predicted octanol–water partition coefficient (Wildman–Crippen LogP) is 4.79. The number of hydrogen-bond donors (Lipinski definition) is 0. The zero-order valence-corrected chi connectivity index (χ0v) is 14.3. The number of amidine groups is 1. The number of rotatable bonds is 3. The van der Waals surface area contributed by atoms with Crippen molar-refractivity contribution in [2.24, 2.45) is 4.99 Å². The number of nitrogens with zero attached hydrogens (tertiary/aromatic N) is 2. The summed E-state index contributed by atoms with van der Waals surface area (Å²) in [6.45, 7) is 0.